The molecule has 2 N–H and O–H groups in total. The number of nitrogens with two attached hydrogens (primary N) is 1. The lowest BCUT2D eigenvalue weighted by atomic mass is 10.1. The number of primary amides is 1. The molecule has 1 amide bonds. The Bertz CT molecular complexity index is 1140. The molecule has 0 aliphatic heterocycles. The number of carbonyl (C=O) groups is 1. The molecule has 0 atom stereocenters. The van der Waals surface area contributed by atoms with Crippen LogP contribution in [-0.4, -0.2) is 10.5 Å². The topological polar surface area (TPSA) is 48.0 Å². The van der Waals surface area contributed by atoms with E-state index in [2.05, 4.69) is 41.8 Å². The van der Waals surface area contributed by atoms with Gasteiger partial charge in [-0.1, -0.05) is 54.9 Å². The minimum atomic E-state index is -0.448. The van der Waals surface area contributed by atoms with Crippen LogP contribution in [0.25, 0.3) is 21.8 Å². The molecular formula is C22H18ClN2O. The average molecular weight is 362 g/mol. The lowest BCUT2D eigenvalue weighted by molar-refractivity contribution is 0.100. The molecule has 0 saturated carbocycles. The van der Waals surface area contributed by atoms with Gasteiger partial charge in [-0.25, -0.2) is 0 Å². The van der Waals surface area contributed by atoms with Crippen molar-refractivity contribution in [3.63, 3.8) is 0 Å². The number of aromatic nitrogens is 1. The summed E-state index contributed by atoms with van der Waals surface area (Å²) in [6.45, 7) is 2.80. The van der Waals surface area contributed by atoms with Crippen molar-refractivity contribution in [2.75, 3.05) is 0 Å². The molecule has 3 aromatic carbocycles. The molecular weight excluding hydrogens is 344 g/mol. The largest absolute Gasteiger partial charge is 0.366 e. The lowest BCUT2D eigenvalue weighted by Gasteiger charge is -2.10. The summed E-state index contributed by atoms with van der Waals surface area (Å²) < 4.78 is 2.14. The number of carbonyl (C=O) groups excluding carboxylic acids is 1. The van der Waals surface area contributed by atoms with Crippen LogP contribution in [0.15, 0.2) is 54.6 Å². The smallest absolute Gasteiger partial charge is 0.249 e. The molecule has 129 valence electrons. The van der Waals surface area contributed by atoms with Gasteiger partial charge in [-0.2, -0.15) is 0 Å². The standard InChI is InChI=1S/C22H18ClN2O/c1-2-14-6-3-7-15(12-14)13-25-19-11-5-9-17(22(24)26)20(19)16-8-4-10-18(23)21(16)25/h3-7,9-12H,2,13H2,1H3,(H2,24,26). The summed E-state index contributed by atoms with van der Waals surface area (Å²) in [5.74, 6) is -0.448. The summed E-state index contributed by atoms with van der Waals surface area (Å²) in [5, 5.41) is 2.27. The van der Waals surface area contributed by atoms with Crippen LogP contribution in [0.4, 0.5) is 0 Å². The Kier molecular flexibility index (Phi) is 4.17. The van der Waals surface area contributed by atoms with Crippen molar-refractivity contribution >= 4 is 39.3 Å². The van der Waals surface area contributed by atoms with Gasteiger partial charge in [0.25, 0.3) is 0 Å². The number of aryl methyl sites for hydroxylation is 1. The molecule has 3 nitrogen and oxygen atoms in total. The summed E-state index contributed by atoms with van der Waals surface area (Å²) in [6.07, 6.45) is 0.987. The third kappa shape index (κ3) is 2.65. The van der Waals surface area contributed by atoms with E-state index in [9.17, 15) is 4.79 Å². The van der Waals surface area contributed by atoms with Crippen LogP contribution in [0.5, 0.6) is 0 Å². The Labute approximate surface area is 157 Å². The van der Waals surface area contributed by atoms with Crippen LogP contribution in [0.1, 0.15) is 28.4 Å². The first kappa shape index (κ1) is 16.7. The van der Waals surface area contributed by atoms with E-state index in [1.54, 1.807) is 12.1 Å². The van der Waals surface area contributed by atoms with E-state index in [-0.39, 0.29) is 0 Å². The summed E-state index contributed by atoms with van der Waals surface area (Å²) in [6, 6.07) is 21.0. The maximum absolute atomic E-state index is 12.0. The number of hydrogen-bond donors (Lipinski definition) is 1. The van der Waals surface area contributed by atoms with Crippen molar-refractivity contribution in [1.82, 2.24) is 4.57 Å². The molecule has 0 aliphatic rings. The first-order chi connectivity index (χ1) is 12.6. The Balaban J connectivity index is 2.03. The average Bonchev–Trinajstić information content (AvgIpc) is 2.97. The number of nitrogens with zero attached hydrogens (tertiary/aromatic N) is 1. The third-order valence-corrected chi connectivity index (χ3v) is 5.08. The zero-order valence-electron chi connectivity index (χ0n) is 14.4. The fraction of sp³-hybridized carbons (Fsp3) is 0.136. The Morgan fingerprint density at radius 3 is 2.69 bits per heavy atom. The van der Waals surface area contributed by atoms with Crippen molar-refractivity contribution in [2.45, 2.75) is 19.9 Å². The van der Waals surface area contributed by atoms with Gasteiger partial charge in [0, 0.05) is 22.9 Å². The molecule has 0 spiro atoms. The van der Waals surface area contributed by atoms with Crippen molar-refractivity contribution in [3.8, 4) is 0 Å². The summed E-state index contributed by atoms with van der Waals surface area (Å²) >= 11 is 6.53. The second kappa shape index (κ2) is 6.50. The van der Waals surface area contributed by atoms with Crippen LogP contribution in [0, 0.1) is 6.07 Å². The Morgan fingerprint density at radius 2 is 1.92 bits per heavy atom. The van der Waals surface area contributed by atoms with Gasteiger partial charge in [-0.05, 0) is 41.8 Å². The zero-order chi connectivity index (χ0) is 18.3. The van der Waals surface area contributed by atoms with Crippen molar-refractivity contribution in [3.05, 3.63) is 82.4 Å². The normalized spacial score (nSPS) is 11.3. The Hall–Kier alpha value is -2.78. The van der Waals surface area contributed by atoms with Crippen molar-refractivity contribution in [1.29, 1.82) is 0 Å². The highest BCUT2D eigenvalue weighted by Crippen LogP contribution is 2.35. The minimum absolute atomic E-state index is 0.448. The van der Waals surface area contributed by atoms with E-state index in [0.29, 0.717) is 17.1 Å². The molecule has 0 aliphatic carbocycles. The molecule has 1 radical (unpaired) electrons. The van der Waals surface area contributed by atoms with Gasteiger partial charge in [0.2, 0.25) is 5.91 Å². The van der Waals surface area contributed by atoms with E-state index >= 15 is 0 Å². The number of benzene rings is 3. The number of amides is 1. The number of hydrogen-bond acceptors (Lipinski definition) is 1. The minimum Gasteiger partial charge on any atom is -0.366 e. The van der Waals surface area contributed by atoms with Gasteiger partial charge in [-0.3, -0.25) is 4.79 Å². The molecule has 0 bridgehead atoms. The lowest BCUT2D eigenvalue weighted by Crippen LogP contribution is -2.11. The highest BCUT2D eigenvalue weighted by Gasteiger charge is 2.18. The molecule has 1 aromatic heterocycles. The first-order valence-corrected chi connectivity index (χ1v) is 8.96. The molecule has 4 rings (SSSR count). The summed E-state index contributed by atoms with van der Waals surface area (Å²) in [5.41, 5.74) is 10.4. The van der Waals surface area contributed by atoms with Crippen molar-refractivity contribution < 1.29 is 4.79 Å². The maximum atomic E-state index is 12.0. The van der Waals surface area contributed by atoms with Gasteiger partial charge in [0.05, 0.1) is 16.1 Å². The van der Waals surface area contributed by atoms with Gasteiger partial charge in [-0.15, -0.1) is 0 Å². The molecule has 26 heavy (non-hydrogen) atoms. The highest BCUT2D eigenvalue weighted by molar-refractivity contribution is 6.36. The predicted octanol–water partition coefficient (Wildman–Crippen LogP) is 4.96. The van der Waals surface area contributed by atoms with Crippen molar-refractivity contribution in [2.24, 2.45) is 5.73 Å². The SMILES string of the molecule is CCc1cccc(Cn2c3cccc(C(N)=O)c3c3[c]ccc(Cl)c32)c1. The third-order valence-electron chi connectivity index (χ3n) is 4.78. The van der Waals surface area contributed by atoms with Crippen LogP contribution in [-0.2, 0) is 13.0 Å². The van der Waals surface area contributed by atoms with Gasteiger partial charge >= 0.3 is 0 Å². The maximum Gasteiger partial charge on any atom is 0.249 e. The summed E-state index contributed by atoms with van der Waals surface area (Å²) in [4.78, 5) is 12.0. The van der Waals surface area contributed by atoms with E-state index in [4.69, 9.17) is 17.3 Å². The Morgan fingerprint density at radius 1 is 1.15 bits per heavy atom. The predicted molar refractivity (Wildman–Crippen MR) is 107 cm³/mol. The second-order valence-corrected chi connectivity index (χ2v) is 6.78. The number of fused-ring (bicyclic) bond motifs is 3. The highest BCUT2D eigenvalue weighted by atomic mass is 35.5. The van der Waals surface area contributed by atoms with E-state index in [0.717, 1.165) is 28.2 Å². The fourth-order valence-corrected chi connectivity index (χ4v) is 3.83. The number of rotatable bonds is 4. The molecule has 4 heteroatoms. The van der Waals surface area contributed by atoms with E-state index in [1.807, 2.05) is 18.2 Å². The molecule has 0 fully saturated rings. The summed E-state index contributed by atoms with van der Waals surface area (Å²) in [7, 11) is 0. The molecule has 4 aromatic rings. The number of halogens is 1. The van der Waals surface area contributed by atoms with Crippen LogP contribution < -0.4 is 5.73 Å². The first-order valence-electron chi connectivity index (χ1n) is 8.59. The van der Waals surface area contributed by atoms with Gasteiger partial charge in [0.15, 0.2) is 0 Å². The van der Waals surface area contributed by atoms with Gasteiger partial charge < -0.3 is 10.3 Å². The monoisotopic (exact) mass is 361 g/mol. The molecule has 0 unspecified atom stereocenters. The molecule has 1 heterocycles. The quantitative estimate of drug-likeness (QED) is 0.548. The van der Waals surface area contributed by atoms with Crippen LogP contribution in [0.2, 0.25) is 5.02 Å². The van der Waals surface area contributed by atoms with Crippen LogP contribution >= 0.6 is 11.6 Å². The van der Waals surface area contributed by atoms with Crippen LogP contribution in [0.3, 0.4) is 0 Å². The van der Waals surface area contributed by atoms with Gasteiger partial charge in [0.1, 0.15) is 0 Å². The fourth-order valence-electron chi connectivity index (χ4n) is 3.57. The van der Waals surface area contributed by atoms with E-state index < -0.39 is 5.91 Å². The molecule has 0 saturated heterocycles. The zero-order valence-corrected chi connectivity index (χ0v) is 15.2. The van der Waals surface area contributed by atoms with E-state index in [1.165, 1.54) is 11.1 Å². The second-order valence-electron chi connectivity index (χ2n) is 6.37.